The lowest BCUT2D eigenvalue weighted by atomic mass is 10.1. The van der Waals surface area contributed by atoms with Crippen LogP contribution in [-0.4, -0.2) is 0 Å². The zero-order chi connectivity index (χ0) is 7.40. The molecule has 0 unspecified atom stereocenters. The van der Waals surface area contributed by atoms with E-state index in [-0.39, 0.29) is 0 Å². The van der Waals surface area contributed by atoms with Gasteiger partial charge in [-0.05, 0) is 23.5 Å². The van der Waals surface area contributed by atoms with Gasteiger partial charge in [-0.1, -0.05) is 45.8 Å². The van der Waals surface area contributed by atoms with Crippen molar-refractivity contribution in [2.75, 3.05) is 0 Å². The highest BCUT2D eigenvalue weighted by atomic mass is 79.9. The molecule has 52 valence electrons. The Kier molecular flexibility index (Phi) is 2.69. The lowest BCUT2D eigenvalue weighted by Gasteiger charge is -1.92. The molecule has 0 spiro atoms. The Morgan fingerprint density at radius 1 is 1.40 bits per heavy atom. The molecule has 0 aliphatic carbocycles. The van der Waals surface area contributed by atoms with E-state index in [2.05, 4.69) is 47.1 Å². The standard InChI is InChI=1S/C9H9Br/c1-8-3-2-4-9(7-8)5-6-10/h2-7H,1H3/b6-5-. The highest BCUT2D eigenvalue weighted by molar-refractivity contribution is 9.11. The van der Waals surface area contributed by atoms with Crippen LogP contribution in [0.5, 0.6) is 0 Å². The minimum atomic E-state index is 1.23. The maximum atomic E-state index is 3.23. The van der Waals surface area contributed by atoms with E-state index in [0.717, 1.165) is 0 Å². The minimum absolute atomic E-state index is 1.23. The molecular formula is C9H9Br. The third-order valence-electron chi connectivity index (χ3n) is 1.30. The van der Waals surface area contributed by atoms with Crippen LogP contribution in [0, 0.1) is 6.92 Å². The summed E-state index contributed by atoms with van der Waals surface area (Å²) in [5, 5.41) is 0. The number of hydrogen-bond donors (Lipinski definition) is 0. The average Bonchev–Trinajstić information content (AvgIpc) is 1.88. The number of rotatable bonds is 1. The zero-order valence-electron chi connectivity index (χ0n) is 5.84. The SMILES string of the molecule is Cc1cccc(/C=C\Br)c1. The highest BCUT2D eigenvalue weighted by Crippen LogP contribution is 2.06. The van der Waals surface area contributed by atoms with Crippen LogP contribution >= 0.6 is 15.9 Å². The van der Waals surface area contributed by atoms with Crippen molar-refractivity contribution in [1.29, 1.82) is 0 Å². The van der Waals surface area contributed by atoms with Crippen molar-refractivity contribution >= 4 is 22.0 Å². The van der Waals surface area contributed by atoms with Gasteiger partial charge in [0.2, 0.25) is 0 Å². The van der Waals surface area contributed by atoms with Crippen molar-refractivity contribution in [3.8, 4) is 0 Å². The molecule has 0 fully saturated rings. The number of aryl methyl sites for hydroxylation is 1. The number of benzene rings is 1. The van der Waals surface area contributed by atoms with E-state index < -0.39 is 0 Å². The van der Waals surface area contributed by atoms with Gasteiger partial charge in [0, 0.05) is 0 Å². The Morgan fingerprint density at radius 2 is 2.20 bits per heavy atom. The Morgan fingerprint density at radius 3 is 2.80 bits per heavy atom. The number of hydrogen-bond acceptors (Lipinski definition) is 0. The van der Waals surface area contributed by atoms with Gasteiger partial charge in [-0.3, -0.25) is 0 Å². The Balaban J connectivity index is 2.95. The van der Waals surface area contributed by atoms with E-state index in [4.69, 9.17) is 0 Å². The molecule has 0 saturated heterocycles. The Bertz CT molecular complexity index is 238. The minimum Gasteiger partial charge on any atom is -0.0614 e. The van der Waals surface area contributed by atoms with Gasteiger partial charge in [-0.15, -0.1) is 0 Å². The fraction of sp³-hybridized carbons (Fsp3) is 0.111. The van der Waals surface area contributed by atoms with E-state index in [1.807, 2.05) is 11.1 Å². The van der Waals surface area contributed by atoms with Gasteiger partial charge in [0.25, 0.3) is 0 Å². The molecule has 0 N–H and O–H groups in total. The molecule has 0 amide bonds. The van der Waals surface area contributed by atoms with E-state index in [0.29, 0.717) is 0 Å². The van der Waals surface area contributed by atoms with E-state index in [1.165, 1.54) is 11.1 Å². The second-order valence-corrected chi connectivity index (χ2v) is 2.74. The second kappa shape index (κ2) is 3.57. The van der Waals surface area contributed by atoms with Crippen LogP contribution in [0.4, 0.5) is 0 Å². The van der Waals surface area contributed by atoms with Gasteiger partial charge >= 0.3 is 0 Å². The molecule has 0 bridgehead atoms. The normalized spacial score (nSPS) is 10.6. The molecule has 0 nitrogen and oxygen atoms in total. The highest BCUT2D eigenvalue weighted by Gasteiger charge is 1.84. The van der Waals surface area contributed by atoms with Gasteiger partial charge in [-0.25, -0.2) is 0 Å². The van der Waals surface area contributed by atoms with Crippen LogP contribution in [0.15, 0.2) is 29.3 Å². The maximum absolute atomic E-state index is 3.23. The summed E-state index contributed by atoms with van der Waals surface area (Å²) in [4.78, 5) is 1.86. The third-order valence-corrected chi connectivity index (χ3v) is 1.56. The molecule has 1 aromatic rings. The van der Waals surface area contributed by atoms with Gasteiger partial charge in [0.05, 0.1) is 0 Å². The molecule has 0 aliphatic rings. The fourth-order valence-corrected chi connectivity index (χ4v) is 1.15. The first-order valence-electron chi connectivity index (χ1n) is 3.16. The Labute approximate surface area is 69.7 Å². The summed E-state index contributed by atoms with van der Waals surface area (Å²) in [5.74, 6) is 0. The summed E-state index contributed by atoms with van der Waals surface area (Å²) in [7, 11) is 0. The molecule has 0 saturated carbocycles. The van der Waals surface area contributed by atoms with Crippen LogP contribution in [0.1, 0.15) is 11.1 Å². The first-order chi connectivity index (χ1) is 4.83. The molecule has 0 radical (unpaired) electrons. The maximum Gasteiger partial charge on any atom is -0.0183 e. The van der Waals surface area contributed by atoms with Gasteiger partial charge in [-0.2, -0.15) is 0 Å². The molecule has 0 atom stereocenters. The topological polar surface area (TPSA) is 0 Å². The van der Waals surface area contributed by atoms with Crippen molar-refractivity contribution < 1.29 is 0 Å². The molecular weight excluding hydrogens is 188 g/mol. The molecule has 1 heteroatoms. The van der Waals surface area contributed by atoms with Crippen molar-refractivity contribution in [3.05, 3.63) is 40.4 Å². The van der Waals surface area contributed by atoms with Crippen molar-refractivity contribution in [1.82, 2.24) is 0 Å². The largest absolute Gasteiger partial charge is 0.0614 e. The van der Waals surface area contributed by atoms with Crippen LogP contribution in [-0.2, 0) is 0 Å². The first-order valence-corrected chi connectivity index (χ1v) is 4.08. The fourth-order valence-electron chi connectivity index (χ4n) is 0.847. The van der Waals surface area contributed by atoms with Crippen LogP contribution in [0.2, 0.25) is 0 Å². The summed E-state index contributed by atoms with van der Waals surface area (Å²) in [5.41, 5.74) is 2.53. The predicted molar refractivity (Wildman–Crippen MR) is 49.1 cm³/mol. The lowest BCUT2D eigenvalue weighted by Crippen LogP contribution is -1.72. The summed E-state index contributed by atoms with van der Waals surface area (Å²) in [6.07, 6.45) is 2.02. The monoisotopic (exact) mass is 196 g/mol. The van der Waals surface area contributed by atoms with Crippen LogP contribution < -0.4 is 0 Å². The Hall–Kier alpha value is -0.560. The number of halogens is 1. The third kappa shape index (κ3) is 1.99. The van der Waals surface area contributed by atoms with Crippen molar-refractivity contribution in [2.24, 2.45) is 0 Å². The van der Waals surface area contributed by atoms with E-state index in [1.54, 1.807) is 0 Å². The molecule has 1 aromatic carbocycles. The quantitative estimate of drug-likeness (QED) is 0.647. The van der Waals surface area contributed by atoms with Crippen LogP contribution in [0.3, 0.4) is 0 Å². The molecule has 1 rings (SSSR count). The lowest BCUT2D eigenvalue weighted by molar-refractivity contribution is 1.46. The van der Waals surface area contributed by atoms with Gasteiger partial charge in [0.15, 0.2) is 0 Å². The van der Waals surface area contributed by atoms with Crippen molar-refractivity contribution in [3.63, 3.8) is 0 Å². The smallest absolute Gasteiger partial charge is 0.0183 e. The van der Waals surface area contributed by atoms with E-state index in [9.17, 15) is 0 Å². The summed E-state index contributed by atoms with van der Waals surface area (Å²) >= 11 is 3.23. The average molecular weight is 197 g/mol. The summed E-state index contributed by atoms with van der Waals surface area (Å²) in [6, 6.07) is 8.35. The van der Waals surface area contributed by atoms with E-state index >= 15 is 0 Å². The van der Waals surface area contributed by atoms with Crippen LogP contribution in [0.25, 0.3) is 6.08 Å². The van der Waals surface area contributed by atoms with Crippen molar-refractivity contribution in [2.45, 2.75) is 6.92 Å². The summed E-state index contributed by atoms with van der Waals surface area (Å²) in [6.45, 7) is 2.09. The first kappa shape index (κ1) is 7.55. The van der Waals surface area contributed by atoms with Gasteiger partial charge < -0.3 is 0 Å². The molecule has 10 heavy (non-hydrogen) atoms. The van der Waals surface area contributed by atoms with Gasteiger partial charge in [0.1, 0.15) is 0 Å². The molecule has 0 aliphatic heterocycles. The zero-order valence-corrected chi connectivity index (χ0v) is 7.43. The predicted octanol–water partition coefficient (Wildman–Crippen LogP) is 3.36. The molecule has 0 heterocycles. The second-order valence-electron chi connectivity index (χ2n) is 2.21. The molecule has 0 aromatic heterocycles. The summed E-state index contributed by atoms with van der Waals surface area (Å²) < 4.78 is 0.